The largest absolute Gasteiger partial charge is 0.462 e. The van der Waals surface area contributed by atoms with Crippen molar-refractivity contribution in [2.45, 2.75) is 39.5 Å². The van der Waals surface area contributed by atoms with Crippen LogP contribution < -0.4 is 0 Å². The van der Waals surface area contributed by atoms with E-state index in [1.54, 1.807) is 13.8 Å². The van der Waals surface area contributed by atoms with E-state index < -0.39 is 11.9 Å². The minimum absolute atomic E-state index is 0.0221. The van der Waals surface area contributed by atoms with Crippen LogP contribution in [0.5, 0.6) is 0 Å². The smallest absolute Gasteiger partial charge is 0.333 e. The normalized spacial score (nSPS) is 9.73. The first-order chi connectivity index (χ1) is 10.3. The first-order valence-corrected chi connectivity index (χ1v) is 7.15. The fourth-order valence-corrected chi connectivity index (χ4v) is 1.32. The minimum atomic E-state index is -0.500. The summed E-state index contributed by atoms with van der Waals surface area (Å²) in [7, 11) is 0. The predicted molar refractivity (Wildman–Crippen MR) is 81.0 cm³/mol. The van der Waals surface area contributed by atoms with Gasteiger partial charge in [-0.05, 0) is 33.1 Å². The fourth-order valence-electron chi connectivity index (χ4n) is 1.32. The summed E-state index contributed by atoms with van der Waals surface area (Å²) < 4.78 is 14.6. The van der Waals surface area contributed by atoms with E-state index in [2.05, 4.69) is 13.2 Å². The molecule has 0 radical (unpaired) electrons. The Kier molecular flexibility index (Phi) is 10.4. The summed E-state index contributed by atoms with van der Waals surface area (Å²) in [4.78, 5) is 33.5. The van der Waals surface area contributed by atoms with Crippen molar-refractivity contribution in [2.75, 3.05) is 19.8 Å². The number of rotatable bonds is 11. The molecule has 6 nitrogen and oxygen atoms in total. The van der Waals surface area contributed by atoms with E-state index in [0.29, 0.717) is 30.6 Å². The molecule has 0 atom stereocenters. The van der Waals surface area contributed by atoms with Crippen molar-refractivity contribution in [3.8, 4) is 0 Å². The molecule has 0 heterocycles. The summed E-state index contributed by atoms with van der Waals surface area (Å²) >= 11 is 0. The number of unbranched alkanes of at least 4 members (excludes halogenated alkanes) is 2. The lowest BCUT2D eigenvalue weighted by Gasteiger charge is -2.06. The van der Waals surface area contributed by atoms with Gasteiger partial charge < -0.3 is 14.2 Å². The second kappa shape index (κ2) is 11.5. The molecule has 0 aromatic heterocycles. The number of carbonyl (C=O) groups excluding carboxylic acids is 3. The van der Waals surface area contributed by atoms with E-state index in [4.69, 9.17) is 14.2 Å². The summed E-state index contributed by atoms with van der Waals surface area (Å²) in [6.07, 6.45) is 2.36. The van der Waals surface area contributed by atoms with Gasteiger partial charge in [-0.25, -0.2) is 9.59 Å². The molecule has 0 aromatic carbocycles. The van der Waals surface area contributed by atoms with Crippen LogP contribution in [0.15, 0.2) is 24.3 Å². The highest BCUT2D eigenvalue weighted by atomic mass is 16.6. The lowest BCUT2D eigenvalue weighted by molar-refractivity contribution is -0.150. The standard InChI is InChI=1S/C16H24O6/c1-12(2)15(18)21-9-7-5-6-8-14(17)20-10-11-22-16(19)13(3)4/h1,3,5-11H2,2,4H3. The average molecular weight is 312 g/mol. The van der Waals surface area contributed by atoms with Crippen molar-refractivity contribution in [3.05, 3.63) is 24.3 Å². The SMILES string of the molecule is C=C(C)C(=O)OCCCCCC(=O)OCCOC(=O)C(=C)C. The molecule has 6 heteroatoms. The molecule has 0 aliphatic heterocycles. The van der Waals surface area contributed by atoms with Crippen LogP contribution in [0.2, 0.25) is 0 Å². The van der Waals surface area contributed by atoms with Gasteiger partial charge in [0.05, 0.1) is 6.61 Å². The van der Waals surface area contributed by atoms with Crippen molar-refractivity contribution >= 4 is 17.9 Å². The van der Waals surface area contributed by atoms with E-state index in [9.17, 15) is 14.4 Å². The molecule has 0 bridgehead atoms. The number of hydrogen-bond donors (Lipinski definition) is 0. The highest BCUT2D eigenvalue weighted by molar-refractivity contribution is 5.87. The van der Waals surface area contributed by atoms with Gasteiger partial charge in [0.2, 0.25) is 0 Å². The van der Waals surface area contributed by atoms with Gasteiger partial charge in [0.25, 0.3) is 0 Å². The third kappa shape index (κ3) is 10.7. The van der Waals surface area contributed by atoms with Crippen LogP contribution in [0.3, 0.4) is 0 Å². The summed E-state index contributed by atoms with van der Waals surface area (Å²) in [6, 6.07) is 0. The number of ether oxygens (including phenoxy) is 3. The molecular formula is C16H24O6. The maximum atomic E-state index is 11.4. The van der Waals surface area contributed by atoms with E-state index in [0.717, 1.165) is 6.42 Å². The lowest BCUT2D eigenvalue weighted by Crippen LogP contribution is -2.14. The van der Waals surface area contributed by atoms with Gasteiger partial charge in [0, 0.05) is 17.6 Å². The maximum absolute atomic E-state index is 11.4. The summed E-state index contributed by atoms with van der Waals surface area (Å²) in [5.41, 5.74) is 0.676. The zero-order valence-electron chi connectivity index (χ0n) is 13.3. The van der Waals surface area contributed by atoms with Crippen LogP contribution in [-0.4, -0.2) is 37.7 Å². The molecule has 0 aliphatic carbocycles. The zero-order chi connectivity index (χ0) is 17.0. The van der Waals surface area contributed by atoms with Gasteiger partial charge in [-0.2, -0.15) is 0 Å². The van der Waals surface area contributed by atoms with Gasteiger partial charge in [-0.3, -0.25) is 4.79 Å². The molecule has 0 aromatic rings. The monoisotopic (exact) mass is 312 g/mol. The third-order valence-corrected chi connectivity index (χ3v) is 2.53. The van der Waals surface area contributed by atoms with Crippen molar-refractivity contribution in [1.29, 1.82) is 0 Å². The molecule has 0 fully saturated rings. The van der Waals surface area contributed by atoms with Crippen molar-refractivity contribution < 1.29 is 28.6 Å². The first kappa shape index (κ1) is 19.9. The van der Waals surface area contributed by atoms with E-state index >= 15 is 0 Å². The molecule has 0 N–H and O–H groups in total. The first-order valence-electron chi connectivity index (χ1n) is 7.15. The van der Waals surface area contributed by atoms with E-state index in [-0.39, 0.29) is 25.6 Å². The molecule has 0 saturated heterocycles. The molecule has 0 aliphatic rings. The van der Waals surface area contributed by atoms with E-state index in [1.807, 2.05) is 0 Å². The highest BCUT2D eigenvalue weighted by Crippen LogP contribution is 2.03. The molecule has 124 valence electrons. The van der Waals surface area contributed by atoms with Gasteiger partial charge >= 0.3 is 17.9 Å². The van der Waals surface area contributed by atoms with Gasteiger partial charge in [-0.1, -0.05) is 13.2 Å². The Balaban J connectivity index is 3.47. The quantitative estimate of drug-likeness (QED) is 0.252. The maximum Gasteiger partial charge on any atom is 0.333 e. The molecular weight excluding hydrogens is 288 g/mol. The number of esters is 3. The molecule has 0 unspecified atom stereocenters. The van der Waals surface area contributed by atoms with Crippen molar-refractivity contribution in [2.24, 2.45) is 0 Å². The van der Waals surface area contributed by atoms with Gasteiger partial charge in [-0.15, -0.1) is 0 Å². The van der Waals surface area contributed by atoms with Gasteiger partial charge in [0.15, 0.2) is 0 Å². The Labute approximate surface area is 131 Å². The summed E-state index contributed by atoms with van der Waals surface area (Å²) in [5, 5.41) is 0. The van der Waals surface area contributed by atoms with Crippen LogP contribution in [0, 0.1) is 0 Å². The Morgan fingerprint density at radius 3 is 1.77 bits per heavy atom. The second-order valence-electron chi connectivity index (χ2n) is 4.86. The fraction of sp³-hybridized carbons (Fsp3) is 0.562. The molecule has 0 rings (SSSR count). The third-order valence-electron chi connectivity index (χ3n) is 2.53. The Bertz CT molecular complexity index is 424. The van der Waals surface area contributed by atoms with Crippen molar-refractivity contribution in [3.63, 3.8) is 0 Å². The number of carbonyl (C=O) groups is 3. The molecule has 0 spiro atoms. The average Bonchev–Trinajstić information content (AvgIpc) is 2.46. The highest BCUT2D eigenvalue weighted by Gasteiger charge is 2.06. The second-order valence-corrected chi connectivity index (χ2v) is 4.86. The van der Waals surface area contributed by atoms with Crippen LogP contribution in [0.4, 0.5) is 0 Å². The summed E-state index contributed by atoms with van der Waals surface area (Å²) in [5.74, 6) is -1.24. The summed E-state index contributed by atoms with van der Waals surface area (Å²) in [6.45, 7) is 10.4. The molecule has 0 saturated carbocycles. The predicted octanol–water partition coefficient (Wildman–Crippen LogP) is 2.33. The molecule has 22 heavy (non-hydrogen) atoms. The zero-order valence-corrected chi connectivity index (χ0v) is 13.3. The van der Waals surface area contributed by atoms with Crippen LogP contribution >= 0.6 is 0 Å². The molecule has 0 amide bonds. The van der Waals surface area contributed by atoms with Gasteiger partial charge in [0.1, 0.15) is 13.2 Å². The Morgan fingerprint density at radius 2 is 1.23 bits per heavy atom. The van der Waals surface area contributed by atoms with Crippen LogP contribution in [0.25, 0.3) is 0 Å². The lowest BCUT2D eigenvalue weighted by atomic mass is 10.2. The van der Waals surface area contributed by atoms with Crippen LogP contribution in [0.1, 0.15) is 39.5 Å². The minimum Gasteiger partial charge on any atom is -0.462 e. The van der Waals surface area contributed by atoms with E-state index in [1.165, 1.54) is 0 Å². The Hall–Kier alpha value is -2.11. The van der Waals surface area contributed by atoms with Crippen molar-refractivity contribution in [1.82, 2.24) is 0 Å². The topological polar surface area (TPSA) is 78.9 Å². The number of hydrogen-bond acceptors (Lipinski definition) is 6. The van der Waals surface area contributed by atoms with Crippen LogP contribution in [-0.2, 0) is 28.6 Å². The Morgan fingerprint density at radius 1 is 0.727 bits per heavy atom.